The van der Waals surface area contributed by atoms with E-state index in [2.05, 4.69) is 15.8 Å². The maximum atomic E-state index is 13.6. The van der Waals surface area contributed by atoms with Crippen LogP contribution in [0.3, 0.4) is 0 Å². The number of ketones is 1. The fraction of sp³-hybridized carbons (Fsp3) is 0.361. The SMILES string of the molecule is CC(C)C[C@H](NC(=O)[C@H](CC(C)C)NC(=O)OCc1ccccc1)C(=O)Cn1c(-c2ccc(OCc3ccccc3)cc2)noc1=O.[HH].[HH]. The Bertz CT molecular complexity index is 1660. The molecule has 3 aromatic carbocycles. The van der Waals surface area contributed by atoms with Gasteiger partial charge in [0.2, 0.25) is 5.91 Å². The Morgan fingerprint density at radius 2 is 1.36 bits per heavy atom. The Morgan fingerprint density at radius 1 is 0.787 bits per heavy atom. The summed E-state index contributed by atoms with van der Waals surface area (Å²) in [5, 5.41) is 9.38. The quantitative estimate of drug-likeness (QED) is 0.151. The third kappa shape index (κ3) is 10.7. The van der Waals surface area contributed by atoms with Gasteiger partial charge in [-0.05, 0) is 60.1 Å². The highest BCUT2D eigenvalue weighted by atomic mass is 16.5. The first-order valence-corrected chi connectivity index (χ1v) is 15.7. The van der Waals surface area contributed by atoms with Crippen molar-refractivity contribution in [1.82, 2.24) is 20.4 Å². The van der Waals surface area contributed by atoms with Gasteiger partial charge in [-0.3, -0.25) is 14.1 Å². The number of nitrogens with zero attached hydrogens (tertiary/aromatic N) is 2. The molecule has 0 radical (unpaired) electrons. The highest BCUT2D eigenvalue weighted by molar-refractivity contribution is 5.92. The number of hydrogen-bond acceptors (Lipinski definition) is 8. The number of Topliss-reactive ketones (excluding diaryl/α,β-unsaturated/α-hetero) is 1. The van der Waals surface area contributed by atoms with Crippen LogP contribution in [0.15, 0.2) is 94.2 Å². The molecule has 0 fully saturated rings. The number of nitrogens with one attached hydrogen (secondary N) is 2. The Labute approximate surface area is 277 Å². The van der Waals surface area contributed by atoms with E-state index in [1.165, 1.54) is 0 Å². The van der Waals surface area contributed by atoms with Crippen LogP contribution in [-0.4, -0.2) is 39.6 Å². The van der Waals surface area contributed by atoms with Crippen LogP contribution in [0.2, 0.25) is 0 Å². The minimum atomic E-state index is -0.933. The normalized spacial score (nSPS) is 12.4. The molecule has 47 heavy (non-hydrogen) atoms. The molecule has 2 atom stereocenters. The van der Waals surface area contributed by atoms with E-state index in [0.717, 1.165) is 15.7 Å². The standard InChI is InChI=1S/C36H42N4O7.2H2/c1-24(2)19-30(37-34(42)31(20-25(3)4)38-35(43)46-23-27-13-9-6-10-14-27)32(41)21-40-33(39-47-36(40)44)28-15-17-29(18-16-28)45-22-26-11-7-5-8-12-26;;/h5-18,24-25,30-31H,19-23H2,1-4H3,(H,37,42)(H,38,43);2*1H/t30-,31-;;/m0../s1. The van der Waals surface area contributed by atoms with Crippen LogP contribution >= 0.6 is 0 Å². The van der Waals surface area contributed by atoms with E-state index >= 15 is 0 Å². The Kier molecular flexibility index (Phi) is 12.5. The number of benzene rings is 3. The molecule has 252 valence electrons. The van der Waals surface area contributed by atoms with Crippen LogP contribution in [0, 0.1) is 11.8 Å². The maximum absolute atomic E-state index is 13.6. The molecule has 2 amide bonds. The zero-order valence-electron chi connectivity index (χ0n) is 27.2. The number of amides is 2. The highest BCUT2D eigenvalue weighted by Crippen LogP contribution is 2.21. The summed E-state index contributed by atoms with van der Waals surface area (Å²) in [7, 11) is 0. The Hall–Kier alpha value is -5.19. The van der Waals surface area contributed by atoms with Crippen LogP contribution in [0.25, 0.3) is 11.4 Å². The second-order valence-corrected chi connectivity index (χ2v) is 12.2. The van der Waals surface area contributed by atoms with Crippen LogP contribution in [0.1, 0.15) is 54.5 Å². The molecule has 0 aliphatic carbocycles. The monoisotopic (exact) mass is 646 g/mol. The van der Waals surface area contributed by atoms with E-state index in [-0.39, 0.29) is 33.7 Å². The van der Waals surface area contributed by atoms with Gasteiger partial charge in [0.1, 0.15) is 25.0 Å². The summed E-state index contributed by atoms with van der Waals surface area (Å²) < 4.78 is 17.3. The third-order valence-corrected chi connectivity index (χ3v) is 7.30. The second kappa shape index (κ2) is 16.9. The van der Waals surface area contributed by atoms with Crippen molar-refractivity contribution < 1.29 is 31.2 Å². The summed E-state index contributed by atoms with van der Waals surface area (Å²) in [5.41, 5.74) is 2.39. The van der Waals surface area contributed by atoms with E-state index in [1.807, 2.05) is 88.4 Å². The van der Waals surface area contributed by atoms with Gasteiger partial charge >= 0.3 is 11.8 Å². The van der Waals surface area contributed by atoms with Crippen molar-refractivity contribution in [3.05, 3.63) is 107 Å². The summed E-state index contributed by atoms with van der Waals surface area (Å²) in [6.07, 6.45) is -0.0892. The van der Waals surface area contributed by atoms with Crippen LogP contribution < -0.4 is 21.1 Å². The average Bonchev–Trinajstić information content (AvgIpc) is 3.42. The number of rotatable bonds is 16. The molecule has 0 saturated heterocycles. The summed E-state index contributed by atoms with van der Waals surface area (Å²) in [6, 6.07) is 24.0. The van der Waals surface area contributed by atoms with Crippen LogP contribution in [0.4, 0.5) is 4.79 Å². The van der Waals surface area contributed by atoms with Gasteiger partial charge in [-0.25, -0.2) is 14.2 Å². The summed E-state index contributed by atoms with van der Waals surface area (Å²) in [5.74, 6) is -0.818. The number of ether oxygens (including phenoxy) is 2. The molecule has 0 unspecified atom stereocenters. The van der Waals surface area contributed by atoms with Crippen LogP contribution in [-0.2, 0) is 34.1 Å². The first-order valence-electron chi connectivity index (χ1n) is 15.7. The topological polar surface area (TPSA) is 142 Å². The zero-order chi connectivity index (χ0) is 33.8. The molecular formula is C36H46N4O7. The van der Waals surface area contributed by atoms with E-state index in [0.29, 0.717) is 30.8 Å². The zero-order valence-corrected chi connectivity index (χ0v) is 27.2. The summed E-state index contributed by atoms with van der Waals surface area (Å²) in [4.78, 5) is 52.4. The maximum Gasteiger partial charge on any atom is 0.442 e. The molecule has 4 aromatic rings. The van der Waals surface area contributed by atoms with Gasteiger partial charge in [-0.15, -0.1) is 0 Å². The first kappa shape index (κ1) is 34.7. The van der Waals surface area contributed by atoms with Crippen LogP contribution in [0.5, 0.6) is 5.75 Å². The number of carbonyl (C=O) groups excluding carboxylic acids is 3. The molecular weight excluding hydrogens is 600 g/mol. The predicted octanol–water partition coefficient (Wildman–Crippen LogP) is 6.02. The van der Waals surface area contributed by atoms with E-state index in [9.17, 15) is 19.2 Å². The minimum Gasteiger partial charge on any atom is -0.489 e. The molecule has 11 heteroatoms. The smallest absolute Gasteiger partial charge is 0.442 e. The molecule has 11 nitrogen and oxygen atoms in total. The molecule has 0 spiro atoms. The van der Waals surface area contributed by atoms with Gasteiger partial charge in [0.05, 0.1) is 12.6 Å². The van der Waals surface area contributed by atoms with Crippen molar-refractivity contribution in [1.29, 1.82) is 0 Å². The summed E-state index contributed by atoms with van der Waals surface area (Å²) >= 11 is 0. The van der Waals surface area contributed by atoms with Gasteiger partial charge in [0.15, 0.2) is 11.6 Å². The molecule has 1 aromatic heterocycles. The molecule has 0 saturated carbocycles. The van der Waals surface area contributed by atoms with Gasteiger partial charge in [-0.2, -0.15) is 0 Å². The van der Waals surface area contributed by atoms with Crippen molar-refractivity contribution >= 4 is 17.8 Å². The number of hydrogen-bond donors (Lipinski definition) is 2. The van der Waals surface area contributed by atoms with Crippen molar-refractivity contribution in [2.75, 3.05) is 0 Å². The van der Waals surface area contributed by atoms with Crippen molar-refractivity contribution in [2.24, 2.45) is 11.8 Å². The Balaban J connectivity index is 0.00000417. The first-order chi connectivity index (χ1) is 22.6. The summed E-state index contributed by atoms with van der Waals surface area (Å²) in [6.45, 7) is 7.78. The van der Waals surface area contributed by atoms with E-state index < -0.39 is 35.6 Å². The van der Waals surface area contributed by atoms with Gasteiger partial charge in [0.25, 0.3) is 0 Å². The predicted molar refractivity (Wildman–Crippen MR) is 181 cm³/mol. The lowest BCUT2D eigenvalue weighted by molar-refractivity contribution is -0.129. The van der Waals surface area contributed by atoms with Gasteiger partial charge in [-0.1, -0.05) is 93.5 Å². The molecule has 0 aliphatic rings. The average molecular weight is 647 g/mol. The lowest BCUT2D eigenvalue weighted by Crippen LogP contribution is -2.53. The molecule has 0 bridgehead atoms. The number of alkyl carbamates (subject to hydrolysis) is 1. The number of carbonyl (C=O) groups is 3. The fourth-order valence-electron chi connectivity index (χ4n) is 4.95. The third-order valence-electron chi connectivity index (χ3n) is 7.30. The fourth-order valence-corrected chi connectivity index (χ4v) is 4.95. The molecule has 4 rings (SSSR count). The van der Waals surface area contributed by atoms with Crippen molar-refractivity contribution in [2.45, 2.75) is 72.4 Å². The van der Waals surface area contributed by atoms with Crippen molar-refractivity contribution in [3.63, 3.8) is 0 Å². The molecule has 1 heterocycles. The number of aromatic nitrogens is 2. The lowest BCUT2D eigenvalue weighted by atomic mass is 9.98. The Morgan fingerprint density at radius 3 is 1.96 bits per heavy atom. The highest BCUT2D eigenvalue weighted by Gasteiger charge is 2.29. The van der Waals surface area contributed by atoms with Gasteiger partial charge < -0.3 is 20.1 Å². The van der Waals surface area contributed by atoms with Crippen molar-refractivity contribution in [3.8, 4) is 17.1 Å². The second-order valence-electron chi connectivity index (χ2n) is 12.2. The van der Waals surface area contributed by atoms with Gasteiger partial charge in [0, 0.05) is 8.42 Å². The van der Waals surface area contributed by atoms with E-state index in [1.54, 1.807) is 24.3 Å². The lowest BCUT2D eigenvalue weighted by Gasteiger charge is -2.25. The minimum absolute atomic E-state index is 0. The molecule has 0 aliphatic heterocycles. The van der Waals surface area contributed by atoms with E-state index in [4.69, 9.17) is 14.0 Å². The largest absolute Gasteiger partial charge is 0.489 e. The molecule has 2 N–H and O–H groups in total.